The smallest absolute Gasteiger partial charge is 0.245 e. The molecule has 5 aromatic rings. The maximum Gasteiger partial charge on any atom is 0.416 e. The number of fused-ring (bicyclic) bond motifs is 8. The second-order valence-electron chi connectivity index (χ2n) is 10.1. The van der Waals surface area contributed by atoms with E-state index in [2.05, 4.69) is 29.6 Å². The molecule has 2 aliphatic rings. The Morgan fingerprint density at radius 2 is 0.891 bits per heavy atom. The van der Waals surface area contributed by atoms with Gasteiger partial charge in [-0.25, -0.2) is 40.1 Å². The lowest BCUT2D eigenvalue weighted by Gasteiger charge is -2.09. The number of hydrogen-bond acceptors (Lipinski definition) is 6. The Morgan fingerprint density at radius 1 is 0.543 bits per heavy atom. The molecule has 3 aromatic carbocycles. The summed E-state index contributed by atoms with van der Waals surface area (Å²) in [6.45, 7) is 14.9. The van der Waals surface area contributed by atoms with E-state index in [1.165, 1.54) is 24.3 Å². The topological polar surface area (TPSA) is 108 Å². The van der Waals surface area contributed by atoms with Gasteiger partial charge in [-0.3, -0.25) is 0 Å². The van der Waals surface area contributed by atoms with Gasteiger partial charge in [-0.2, -0.15) is 26.3 Å². The average Bonchev–Trinajstić information content (AvgIpc) is 3.49. The Morgan fingerprint density at radius 3 is 1.20 bits per heavy atom. The highest BCUT2D eigenvalue weighted by molar-refractivity contribution is 6.06. The minimum Gasteiger partial charge on any atom is -0.245 e. The minimum absolute atomic E-state index is 0.00952. The fourth-order valence-corrected chi connectivity index (χ4v) is 5.61. The van der Waals surface area contributed by atoms with Gasteiger partial charge in [0.05, 0.1) is 81.3 Å². The molecular formula is C32H8F6N8. The van der Waals surface area contributed by atoms with Crippen LogP contribution in [0.2, 0.25) is 0 Å². The van der Waals surface area contributed by atoms with Gasteiger partial charge >= 0.3 is 12.4 Å². The van der Waals surface area contributed by atoms with Gasteiger partial charge in [-0.15, -0.1) is 0 Å². The van der Waals surface area contributed by atoms with Gasteiger partial charge in [0.1, 0.15) is 0 Å². The highest BCUT2D eigenvalue weighted by atomic mass is 19.4. The van der Waals surface area contributed by atoms with Crippen molar-refractivity contribution in [2.45, 2.75) is 12.4 Å². The molecule has 0 fully saturated rings. The molecule has 218 valence electrons. The molecule has 0 aliphatic heterocycles. The highest BCUT2D eigenvalue weighted by Gasteiger charge is 2.37. The zero-order valence-corrected chi connectivity index (χ0v) is 22.5. The Labute approximate surface area is 253 Å². The van der Waals surface area contributed by atoms with E-state index in [9.17, 15) is 36.9 Å². The molecule has 0 spiro atoms. The molecule has 0 atom stereocenters. The SMILES string of the molecule is [C-]#[N+]/C(C#N)=C1/c2cc(C(F)(F)F)ccc2-c2nc3cc4nc5c(nc4cc3nc21)/C(=C(\C#N)[N+]#[C-])c1cc(C(F)(F)F)ccc1-5. The summed E-state index contributed by atoms with van der Waals surface area (Å²) in [5, 5.41) is 19.3. The molecule has 0 radical (unpaired) electrons. The van der Waals surface area contributed by atoms with Gasteiger partial charge in [-0.1, -0.05) is 12.1 Å². The summed E-state index contributed by atoms with van der Waals surface area (Å²) in [4.78, 5) is 24.8. The molecule has 0 amide bonds. The Balaban J connectivity index is 1.50. The molecule has 2 aliphatic carbocycles. The van der Waals surface area contributed by atoms with Crippen molar-refractivity contribution in [3.63, 3.8) is 0 Å². The van der Waals surface area contributed by atoms with Crippen molar-refractivity contribution in [2.75, 3.05) is 0 Å². The maximum atomic E-state index is 13.6. The van der Waals surface area contributed by atoms with Crippen LogP contribution in [0.3, 0.4) is 0 Å². The van der Waals surface area contributed by atoms with Crippen LogP contribution in [0.1, 0.15) is 33.6 Å². The van der Waals surface area contributed by atoms with Crippen LogP contribution in [0, 0.1) is 35.8 Å². The Hall–Kier alpha value is -6.64. The maximum absolute atomic E-state index is 13.6. The standard InChI is InChI=1S/C32H8F6N8/c1-41-23(11-39)25-17-7-13(31(33,34)35)3-5-15(17)27-29(25)45-21-10-22-20(9-19(21)43-27)44-28-16-6-4-14(32(36,37)38)8-18(16)26(30(28)46-22)24(12-40)42-2/h3-10H/b25-23-,26-24+. The fourth-order valence-electron chi connectivity index (χ4n) is 5.61. The largest absolute Gasteiger partial charge is 0.416 e. The third-order valence-corrected chi connectivity index (χ3v) is 7.57. The molecule has 7 rings (SSSR count). The van der Waals surface area contributed by atoms with Gasteiger partial charge < -0.3 is 0 Å². The van der Waals surface area contributed by atoms with Crippen molar-refractivity contribution >= 4 is 33.2 Å². The average molecular weight is 618 g/mol. The fraction of sp³-hybridized carbons (Fsp3) is 0.0625. The van der Waals surface area contributed by atoms with Crippen molar-refractivity contribution in [3.8, 4) is 34.7 Å². The first-order valence-electron chi connectivity index (χ1n) is 12.9. The molecule has 0 saturated carbocycles. The third-order valence-electron chi connectivity index (χ3n) is 7.57. The molecule has 0 N–H and O–H groups in total. The van der Waals surface area contributed by atoms with E-state index in [4.69, 9.17) is 13.1 Å². The number of aromatic nitrogens is 4. The number of rotatable bonds is 0. The van der Waals surface area contributed by atoms with Crippen LogP contribution in [-0.4, -0.2) is 19.9 Å². The summed E-state index contributed by atoms with van der Waals surface area (Å²) in [5.41, 5.74) is -1.67. The molecule has 8 nitrogen and oxygen atoms in total. The monoisotopic (exact) mass is 618 g/mol. The first kappa shape index (κ1) is 28.1. The summed E-state index contributed by atoms with van der Waals surface area (Å²) in [7, 11) is 0. The number of allylic oxidation sites excluding steroid dienone is 2. The Bertz CT molecular complexity index is 2290. The first-order chi connectivity index (χ1) is 21.9. The van der Waals surface area contributed by atoms with Crippen LogP contribution in [0.5, 0.6) is 0 Å². The second kappa shape index (κ2) is 9.43. The summed E-state index contributed by atoms with van der Waals surface area (Å²) in [6, 6.07) is 12.1. The second-order valence-corrected chi connectivity index (χ2v) is 10.1. The number of nitriles is 2. The molecule has 0 unspecified atom stereocenters. The van der Waals surface area contributed by atoms with Crippen LogP contribution in [0.4, 0.5) is 26.3 Å². The Kier molecular flexibility index (Phi) is 5.77. The van der Waals surface area contributed by atoms with E-state index in [0.29, 0.717) is 0 Å². The van der Waals surface area contributed by atoms with Gasteiger partial charge in [0.25, 0.3) is 11.4 Å². The van der Waals surface area contributed by atoms with E-state index < -0.39 is 34.9 Å². The highest BCUT2D eigenvalue weighted by Crippen LogP contribution is 2.48. The molecule has 46 heavy (non-hydrogen) atoms. The number of halogens is 6. The summed E-state index contributed by atoms with van der Waals surface area (Å²) in [5.74, 6) is 0. The van der Waals surface area contributed by atoms with E-state index in [0.717, 1.165) is 24.3 Å². The lowest BCUT2D eigenvalue weighted by molar-refractivity contribution is -0.138. The van der Waals surface area contributed by atoms with Crippen molar-refractivity contribution in [1.82, 2.24) is 19.9 Å². The van der Waals surface area contributed by atoms with E-state index in [1.54, 1.807) is 12.1 Å². The van der Waals surface area contributed by atoms with Crippen LogP contribution >= 0.6 is 0 Å². The van der Waals surface area contributed by atoms with Crippen molar-refractivity contribution in [3.05, 3.63) is 116 Å². The molecular weight excluding hydrogens is 610 g/mol. The zero-order chi connectivity index (χ0) is 32.7. The van der Waals surface area contributed by atoms with Crippen LogP contribution in [0.25, 0.3) is 65.4 Å². The summed E-state index contributed by atoms with van der Waals surface area (Å²) >= 11 is 0. The lowest BCUT2D eigenvalue weighted by Crippen LogP contribution is -2.05. The van der Waals surface area contributed by atoms with Crippen LogP contribution in [-0.2, 0) is 12.4 Å². The normalized spacial score (nSPS) is 15.2. The predicted molar refractivity (Wildman–Crippen MR) is 150 cm³/mol. The van der Waals surface area contributed by atoms with Gasteiger partial charge in [0.15, 0.2) is 0 Å². The van der Waals surface area contributed by atoms with Gasteiger partial charge in [-0.05, 0) is 47.5 Å². The minimum atomic E-state index is -4.69. The molecule has 14 heteroatoms. The lowest BCUT2D eigenvalue weighted by atomic mass is 10.0. The quantitative estimate of drug-likeness (QED) is 0.0738. The summed E-state index contributed by atoms with van der Waals surface area (Å²) < 4.78 is 81.5. The van der Waals surface area contributed by atoms with Crippen LogP contribution < -0.4 is 0 Å². The first-order valence-corrected chi connectivity index (χ1v) is 12.9. The van der Waals surface area contributed by atoms with E-state index >= 15 is 0 Å². The molecule has 2 heterocycles. The van der Waals surface area contributed by atoms with Gasteiger partial charge in [0.2, 0.25) is 0 Å². The molecule has 0 bridgehead atoms. The van der Waals surface area contributed by atoms with Gasteiger partial charge in [0, 0.05) is 22.3 Å². The summed E-state index contributed by atoms with van der Waals surface area (Å²) in [6.07, 6.45) is -9.39. The van der Waals surface area contributed by atoms with E-state index in [1.807, 2.05) is 0 Å². The third kappa shape index (κ3) is 3.98. The number of alkyl halides is 6. The van der Waals surface area contributed by atoms with E-state index in [-0.39, 0.29) is 78.2 Å². The molecule has 2 aromatic heterocycles. The van der Waals surface area contributed by atoms with Crippen molar-refractivity contribution in [1.29, 1.82) is 10.5 Å². The van der Waals surface area contributed by atoms with Crippen molar-refractivity contribution < 1.29 is 26.3 Å². The number of nitrogens with zero attached hydrogens (tertiary/aromatic N) is 8. The predicted octanol–water partition coefficient (Wildman–Crippen LogP) is 7.98. The zero-order valence-electron chi connectivity index (χ0n) is 22.5. The van der Waals surface area contributed by atoms with Crippen LogP contribution in [0.15, 0.2) is 59.9 Å². The number of benzene rings is 3. The van der Waals surface area contributed by atoms with Crippen molar-refractivity contribution in [2.24, 2.45) is 0 Å². The molecule has 0 saturated heterocycles. The number of hydrogen-bond donors (Lipinski definition) is 0.